The molecule has 4 atom stereocenters. The van der Waals surface area contributed by atoms with Gasteiger partial charge in [0.25, 0.3) is 14.1 Å². The van der Waals surface area contributed by atoms with Gasteiger partial charge in [-0.05, 0) is 63.4 Å². The van der Waals surface area contributed by atoms with Crippen molar-refractivity contribution in [2.24, 2.45) is 0 Å². The van der Waals surface area contributed by atoms with Crippen LogP contribution in [0.15, 0.2) is 101 Å². The molecule has 51 heavy (non-hydrogen) atoms. The summed E-state index contributed by atoms with van der Waals surface area (Å²) >= 11 is 0. The van der Waals surface area contributed by atoms with Crippen molar-refractivity contribution in [3.63, 3.8) is 0 Å². The van der Waals surface area contributed by atoms with E-state index in [1.807, 2.05) is 48.5 Å². The van der Waals surface area contributed by atoms with Crippen LogP contribution in [0.25, 0.3) is 4.85 Å². The van der Waals surface area contributed by atoms with Crippen LogP contribution in [0.5, 0.6) is 5.75 Å². The van der Waals surface area contributed by atoms with E-state index in [9.17, 15) is 9.59 Å². The number of benzene rings is 3. The molecular weight excluding hydrogens is 665 g/mol. The Labute approximate surface area is 301 Å². The molecule has 0 amide bonds. The number of ether oxygens (including phenoxy) is 2. The standard InChI is InChI=1S/C39H48N5O6P/c1-27(2)44(28(3)4)51(48-23-22-40-6)50-34-24-36(43-26-29(5)37(45)42-38(43)46)49-35(34)25-41-39(30-14-10-8-11-15-30,31-16-12-9-13-17-31)32-18-20-33(47-7)21-19-32/h8-21,26-28,34-36,41H,22-25H2,1-5,7H3,(H,42,45,46)/t34-,35-,36-,51?/m1/s1. The van der Waals surface area contributed by atoms with Crippen molar-refractivity contribution in [2.75, 3.05) is 26.8 Å². The Kier molecular flexibility index (Phi) is 13.0. The number of hydrogen-bond donors (Lipinski definition) is 2. The van der Waals surface area contributed by atoms with Gasteiger partial charge in [0.15, 0.2) is 0 Å². The fourth-order valence-corrected chi connectivity index (χ4v) is 8.40. The van der Waals surface area contributed by atoms with Crippen molar-refractivity contribution in [3.8, 4) is 5.75 Å². The smallest absolute Gasteiger partial charge is 0.330 e. The topological polar surface area (TPSA) is 111 Å². The van der Waals surface area contributed by atoms with Crippen LogP contribution in [-0.4, -0.2) is 65.3 Å². The minimum atomic E-state index is -1.61. The molecule has 1 aliphatic rings. The Balaban J connectivity index is 1.58. The Morgan fingerprint density at radius 3 is 2.12 bits per heavy atom. The summed E-state index contributed by atoms with van der Waals surface area (Å²) in [6.07, 6.45) is 0.104. The number of hydrogen-bond acceptors (Lipinski definition) is 8. The van der Waals surface area contributed by atoms with Gasteiger partial charge in [-0.3, -0.25) is 19.7 Å². The number of H-pyrrole nitrogens is 1. The summed E-state index contributed by atoms with van der Waals surface area (Å²) in [5, 5.41) is 3.92. The zero-order valence-electron chi connectivity index (χ0n) is 30.1. The van der Waals surface area contributed by atoms with Gasteiger partial charge in [-0.2, -0.15) is 0 Å². The maximum Gasteiger partial charge on any atom is 0.330 e. The van der Waals surface area contributed by atoms with E-state index in [-0.39, 0.29) is 25.2 Å². The van der Waals surface area contributed by atoms with Crippen LogP contribution >= 0.6 is 8.53 Å². The fourth-order valence-electron chi connectivity index (χ4n) is 6.65. The van der Waals surface area contributed by atoms with Crippen LogP contribution in [0.4, 0.5) is 0 Å². The van der Waals surface area contributed by atoms with Crippen LogP contribution < -0.4 is 21.3 Å². The van der Waals surface area contributed by atoms with Crippen LogP contribution in [0.3, 0.4) is 0 Å². The highest BCUT2D eigenvalue weighted by molar-refractivity contribution is 7.44. The Hall–Kier alpha value is -4.14. The summed E-state index contributed by atoms with van der Waals surface area (Å²) in [7, 11) is 0.0387. The fraction of sp³-hybridized carbons (Fsp3) is 0.410. The van der Waals surface area contributed by atoms with Gasteiger partial charge in [0.1, 0.15) is 18.6 Å². The minimum absolute atomic E-state index is 0.0992. The van der Waals surface area contributed by atoms with Gasteiger partial charge in [0.05, 0.1) is 24.9 Å². The number of aromatic amines is 1. The van der Waals surface area contributed by atoms with E-state index in [0.29, 0.717) is 18.5 Å². The van der Waals surface area contributed by atoms with E-state index in [2.05, 4.69) is 83.9 Å². The highest BCUT2D eigenvalue weighted by Crippen LogP contribution is 2.50. The van der Waals surface area contributed by atoms with Crippen LogP contribution in [0.1, 0.15) is 62.6 Å². The van der Waals surface area contributed by atoms with Crippen molar-refractivity contribution >= 4 is 8.53 Å². The molecule has 1 aromatic heterocycles. The molecule has 2 heterocycles. The Morgan fingerprint density at radius 1 is 0.980 bits per heavy atom. The molecule has 0 bridgehead atoms. The average Bonchev–Trinajstić information content (AvgIpc) is 3.53. The highest BCUT2D eigenvalue weighted by Gasteiger charge is 2.44. The number of rotatable bonds is 16. The Bertz CT molecular complexity index is 1810. The minimum Gasteiger partial charge on any atom is -0.497 e. The first kappa shape index (κ1) is 38.1. The number of nitrogens with one attached hydrogen (secondary N) is 2. The van der Waals surface area contributed by atoms with Gasteiger partial charge in [-0.25, -0.2) is 16.0 Å². The molecule has 0 saturated carbocycles. The molecule has 0 spiro atoms. The zero-order chi connectivity index (χ0) is 36.5. The lowest BCUT2D eigenvalue weighted by Crippen LogP contribution is -2.49. The summed E-state index contributed by atoms with van der Waals surface area (Å²) in [5.41, 5.74) is 1.65. The predicted octanol–water partition coefficient (Wildman–Crippen LogP) is 6.39. The molecule has 3 aromatic carbocycles. The highest BCUT2D eigenvalue weighted by atomic mass is 31.2. The van der Waals surface area contributed by atoms with E-state index >= 15 is 0 Å². The van der Waals surface area contributed by atoms with Gasteiger partial charge < -0.3 is 23.4 Å². The summed E-state index contributed by atoms with van der Waals surface area (Å²) in [4.78, 5) is 31.3. The SMILES string of the molecule is [C-]#[N+]CCOP(O[C@@H]1C[C@H](n2cc(C)c(=O)[nH]c2=O)O[C@@H]1CNC(c1ccccc1)(c1ccccc1)c1ccc(OC)cc1)N(C(C)C)C(C)C. The van der Waals surface area contributed by atoms with Crippen molar-refractivity contribution in [3.05, 3.63) is 146 Å². The first-order chi connectivity index (χ1) is 24.6. The lowest BCUT2D eigenvalue weighted by atomic mass is 9.77. The molecule has 0 aliphatic carbocycles. The van der Waals surface area contributed by atoms with E-state index in [1.54, 1.807) is 14.0 Å². The number of aromatic nitrogens is 2. The van der Waals surface area contributed by atoms with E-state index in [1.165, 1.54) is 10.8 Å². The summed E-state index contributed by atoms with van der Waals surface area (Å²) in [6.45, 7) is 18.1. The second-order valence-corrected chi connectivity index (χ2v) is 14.5. The van der Waals surface area contributed by atoms with Gasteiger partial charge in [0, 0.05) is 36.8 Å². The van der Waals surface area contributed by atoms with Crippen molar-refractivity contribution in [1.82, 2.24) is 19.5 Å². The molecule has 1 saturated heterocycles. The maximum atomic E-state index is 13.1. The first-order valence-corrected chi connectivity index (χ1v) is 18.4. The van der Waals surface area contributed by atoms with E-state index in [4.69, 9.17) is 25.1 Å². The number of nitrogens with zero attached hydrogens (tertiary/aromatic N) is 3. The second-order valence-electron chi connectivity index (χ2n) is 13.1. The van der Waals surface area contributed by atoms with Gasteiger partial charge >= 0.3 is 5.69 Å². The van der Waals surface area contributed by atoms with Gasteiger partial charge in [0.2, 0.25) is 6.54 Å². The molecule has 5 rings (SSSR count). The quantitative estimate of drug-likeness (QED) is 0.0595. The van der Waals surface area contributed by atoms with Gasteiger partial charge in [-0.1, -0.05) is 72.8 Å². The number of methoxy groups -OCH3 is 1. The van der Waals surface area contributed by atoms with E-state index < -0.39 is 43.7 Å². The van der Waals surface area contributed by atoms with Crippen LogP contribution in [-0.2, 0) is 19.3 Å². The normalized spacial score (nSPS) is 18.3. The summed E-state index contributed by atoms with van der Waals surface area (Å²) in [6, 6.07) is 28.7. The molecule has 2 N–H and O–H groups in total. The average molecular weight is 714 g/mol. The molecule has 4 aromatic rings. The third-order valence-electron chi connectivity index (χ3n) is 9.02. The molecule has 1 aliphatic heterocycles. The lowest BCUT2D eigenvalue weighted by Gasteiger charge is -2.39. The molecule has 270 valence electrons. The zero-order valence-corrected chi connectivity index (χ0v) is 31.0. The second kappa shape index (κ2) is 17.4. The Morgan fingerprint density at radius 2 is 1.57 bits per heavy atom. The maximum absolute atomic E-state index is 13.1. The van der Waals surface area contributed by atoms with Crippen molar-refractivity contribution in [1.29, 1.82) is 0 Å². The van der Waals surface area contributed by atoms with Crippen molar-refractivity contribution < 1.29 is 18.5 Å². The van der Waals surface area contributed by atoms with E-state index in [0.717, 1.165) is 22.4 Å². The predicted molar refractivity (Wildman–Crippen MR) is 200 cm³/mol. The molecule has 1 fully saturated rings. The molecule has 12 heteroatoms. The van der Waals surface area contributed by atoms with Crippen molar-refractivity contribution in [2.45, 2.75) is 77.1 Å². The summed E-state index contributed by atoms with van der Waals surface area (Å²) in [5.74, 6) is 0.747. The summed E-state index contributed by atoms with van der Waals surface area (Å²) < 4.78 is 29.1. The molecular formula is C39H48N5O6P. The third kappa shape index (κ3) is 8.67. The van der Waals surface area contributed by atoms with Crippen LogP contribution in [0.2, 0.25) is 0 Å². The first-order valence-electron chi connectivity index (χ1n) is 17.3. The van der Waals surface area contributed by atoms with Gasteiger partial charge in [-0.15, -0.1) is 0 Å². The molecule has 0 radical (unpaired) electrons. The number of aryl methyl sites for hydroxylation is 1. The van der Waals surface area contributed by atoms with Crippen LogP contribution in [0, 0.1) is 13.5 Å². The monoisotopic (exact) mass is 713 g/mol. The molecule has 1 unspecified atom stereocenters. The lowest BCUT2D eigenvalue weighted by molar-refractivity contribution is -0.0196. The third-order valence-corrected chi connectivity index (χ3v) is 11.2. The largest absolute Gasteiger partial charge is 0.497 e. The molecule has 11 nitrogen and oxygen atoms in total.